The van der Waals surface area contributed by atoms with E-state index in [0.29, 0.717) is 17.8 Å². The SMILES string of the molecule is CC(=O)c1c(C)nn(C(C)CC(=O)NCc2oc3ccccc3c2C)c1C. The Morgan fingerprint density at radius 3 is 2.56 bits per heavy atom. The number of nitrogens with zero attached hydrogens (tertiary/aromatic N) is 2. The molecule has 1 N–H and O–H groups in total. The standard InChI is InChI=1S/C21H25N3O3/c1-12(24-15(4)21(16(5)25)14(3)23-24)10-20(26)22-11-19-13(2)17-8-6-7-9-18(17)27-19/h6-9,12H,10-11H2,1-5H3,(H,22,26). The Bertz CT molecular complexity index is 1010. The maximum Gasteiger partial charge on any atom is 0.222 e. The summed E-state index contributed by atoms with van der Waals surface area (Å²) >= 11 is 0. The van der Waals surface area contributed by atoms with Gasteiger partial charge in [0.15, 0.2) is 5.78 Å². The van der Waals surface area contributed by atoms with Crippen molar-refractivity contribution in [2.24, 2.45) is 0 Å². The van der Waals surface area contributed by atoms with Crippen LogP contribution in [-0.4, -0.2) is 21.5 Å². The van der Waals surface area contributed by atoms with Crippen molar-refractivity contribution < 1.29 is 14.0 Å². The molecular weight excluding hydrogens is 342 g/mol. The van der Waals surface area contributed by atoms with Crippen LogP contribution in [0, 0.1) is 20.8 Å². The number of nitrogens with one attached hydrogen (secondary N) is 1. The van der Waals surface area contributed by atoms with E-state index in [1.807, 2.05) is 52.0 Å². The van der Waals surface area contributed by atoms with Crippen molar-refractivity contribution in [1.29, 1.82) is 0 Å². The molecule has 1 aromatic carbocycles. The molecule has 0 saturated heterocycles. The third kappa shape index (κ3) is 3.65. The van der Waals surface area contributed by atoms with Crippen LogP contribution in [-0.2, 0) is 11.3 Å². The van der Waals surface area contributed by atoms with Crippen LogP contribution >= 0.6 is 0 Å². The second-order valence-corrected chi connectivity index (χ2v) is 7.02. The summed E-state index contributed by atoms with van der Waals surface area (Å²) < 4.78 is 7.60. The lowest BCUT2D eigenvalue weighted by Gasteiger charge is -2.14. The second kappa shape index (κ2) is 7.39. The fraction of sp³-hybridized carbons (Fsp3) is 0.381. The molecule has 27 heavy (non-hydrogen) atoms. The van der Waals surface area contributed by atoms with Gasteiger partial charge in [-0.2, -0.15) is 5.10 Å². The Morgan fingerprint density at radius 2 is 1.93 bits per heavy atom. The first-order valence-electron chi connectivity index (χ1n) is 9.10. The largest absolute Gasteiger partial charge is 0.459 e. The molecule has 0 bridgehead atoms. The fourth-order valence-corrected chi connectivity index (χ4v) is 3.60. The van der Waals surface area contributed by atoms with E-state index in [4.69, 9.17) is 4.42 Å². The molecule has 1 amide bonds. The number of furan rings is 1. The minimum Gasteiger partial charge on any atom is -0.459 e. The average molecular weight is 367 g/mol. The molecule has 0 aliphatic rings. The third-order valence-electron chi connectivity index (χ3n) is 4.96. The lowest BCUT2D eigenvalue weighted by Crippen LogP contribution is -2.26. The Labute approximate surface area is 158 Å². The molecule has 1 unspecified atom stereocenters. The zero-order valence-corrected chi connectivity index (χ0v) is 16.4. The van der Waals surface area contributed by atoms with Crippen molar-refractivity contribution in [3.05, 3.63) is 52.5 Å². The van der Waals surface area contributed by atoms with Crippen molar-refractivity contribution in [2.75, 3.05) is 0 Å². The first kappa shape index (κ1) is 18.9. The van der Waals surface area contributed by atoms with Crippen LogP contribution in [0.5, 0.6) is 0 Å². The van der Waals surface area contributed by atoms with E-state index in [9.17, 15) is 9.59 Å². The molecule has 6 nitrogen and oxygen atoms in total. The average Bonchev–Trinajstić information content (AvgIpc) is 3.10. The van der Waals surface area contributed by atoms with Gasteiger partial charge in [-0.05, 0) is 40.7 Å². The van der Waals surface area contributed by atoms with E-state index >= 15 is 0 Å². The Morgan fingerprint density at radius 1 is 1.22 bits per heavy atom. The van der Waals surface area contributed by atoms with Gasteiger partial charge in [0.05, 0.1) is 23.8 Å². The summed E-state index contributed by atoms with van der Waals surface area (Å²) in [5, 5.41) is 8.43. The number of amides is 1. The number of hydrogen-bond donors (Lipinski definition) is 1. The number of carbonyl (C=O) groups is 2. The number of para-hydroxylation sites is 1. The maximum atomic E-state index is 12.4. The smallest absolute Gasteiger partial charge is 0.222 e. The zero-order chi connectivity index (χ0) is 19.7. The number of carbonyl (C=O) groups excluding carboxylic acids is 2. The van der Waals surface area contributed by atoms with E-state index in [0.717, 1.165) is 28.0 Å². The predicted octanol–water partition coefficient (Wildman–Crippen LogP) is 4.02. The molecule has 142 valence electrons. The number of Topliss-reactive ketones (excluding diaryl/α,β-unsaturated/α-hetero) is 1. The number of benzene rings is 1. The van der Waals surface area contributed by atoms with Crippen LogP contribution < -0.4 is 5.32 Å². The quantitative estimate of drug-likeness (QED) is 0.668. The van der Waals surface area contributed by atoms with Crippen molar-refractivity contribution in [3.8, 4) is 0 Å². The van der Waals surface area contributed by atoms with E-state index in [1.165, 1.54) is 6.92 Å². The molecule has 2 heterocycles. The highest BCUT2D eigenvalue weighted by atomic mass is 16.3. The van der Waals surface area contributed by atoms with Gasteiger partial charge in [-0.1, -0.05) is 18.2 Å². The van der Waals surface area contributed by atoms with E-state index in [2.05, 4.69) is 10.4 Å². The van der Waals surface area contributed by atoms with Crippen molar-refractivity contribution in [3.63, 3.8) is 0 Å². The molecule has 0 fully saturated rings. The zero-order valence-electron chi connectivity index (χ0n) is 16.4. The minimum atomic E-state index is -0.145. The van der Waals surface area contributed by atoms with E-state index < -0.39 is 0 Å². The first-order chi connectivity index (χ1) is 12.8. The van der Waals surface area contributed by atoms with Crippen molar-refractivity contribution >= 4 is 22.7 Å². The Hall–Kier alpha value is -2.89. The number of fused-ring (bicyclic) bond motifs is 1. The molecule has 3 rings (SSSR count). The highest BCUT2D eigenvalue weighted by Crippen LogP contribution is 2.25. The summed E-state index contributed by atoms with van der Waals surface area (Å²) in [5.41, 5.74) is 4.01. The van der Waals surface area contributed by atoms with E-state index in [1.54, 1.807) is 4.68 Å². The van der Waals surface area contributed by atoms with Gasteiger partial charge in [0, 0.05) is 23.1 Å². The molecule has 3 aromatic rings. The third-order valence-corrected chi connectivity index (χ3v) is 4.96. The highest BCUT2D eigenvalue weighted by molar-refractivity contribution is 5.96. The maximum absolute atomic E-state index is 12.4. The topological polar surface area (TPSA) is 77.1 Å². The van der Waals surface area contributed by atoms with Gasteiger partial charge < -0.3 is 9.73 Å². The summed E-state index contributed by atoms with van der Waals surface area (Å²) in [6.07, 6.45) is 0.276. The van der Waals surface area contributed by atoms with E-state index in [-0.39, 0.29) is 24.2 Å². The number of aromatic nitrogens is 2. The van der Waals surface area contributed by atoms with Crippen molar-refractivity contribution in [1.82, 2.24) is 15.1 Å². The van der Waals surface area contributed by atoms with Gasteiger partial charge in [-0.25, -0.2) is 0 Å². The fourth-order valence-electron chi connectivity index (χ4n) is 3.60. The predicted molar refractivity (Wildman–Crippen MR) is 104 cm³/mol. The summed E-state index contributed by atoms with van der Waals surface area (Å²) in [6.45, 7) is 9.49. The molecule has 0 radical (unpaired) electrons. The van der Waals surface area contributed by atoms with Crippen LogP contribution in [0.2, 0.25) is 0 Å². The van der Waals surface area contributed by atoms with Crippen LogP contribution in [0.15, 0.2) is 28.7 Å². The number of ketones is 1. The molecule has 0 spiro atoms. The lowest BCUT2D eigenvalue weighted by molar-refractivity contribution is -0.122. The number of aryl methyl sites for hydroxylation is 2. The van der Waals surface area contributed by atoms with Crippen molar-refractivity contribution in [2.45, 2.75) is 53.6 Å². The van der Waals surface area contributed by atoms with Crippen LogP contribution in [0.25, 0.3) is 11.0 Å². The summed E-state index contributed by atoms with van der Waals surface area (Å²) in [6, 6.07) is 7.69. The number of hydrogen-bond acceptors (Lipinski definition) is 4. The Balaban J connectivity index is 1.66. The summed E-state index contributed by atoms with van der Waals surface area (Å²) in [7, 11) is 0. The summed E-state index contributed by atoms with van der Waals surface area (Å²) in [5.74, 6) is 0.676. The van der Waals surface area contributed by atoms with Gasteiger partial charge in [0.1, 0.15) is 11.3 Å². The second-order valence-electron chi connectivity index (χ2n) is 7.02. The molecule has 6 heteroatoms. The van der Waals surface area contributed by atoms with Gasteiger partial charge in [0.25, 0.3) is 0 Å². The molecule has 2 aromatic heterocycles. The highest BCUT2D eigenvalue weighted by Gasteiger charge is 2.20. The molecule has 0 aliphatic heterocycles. The van der Waals surface area contributed by atoms with Gasteiger partial charge in [-0.3, -0.25) is 14.3 Å². The molecule has 1 atom stereocenters. The Kier molecular flexibility index (Phi) is 5.17. The monoisotopic (exact) mass is 367 g/mol. The molecular formula is C21H25N3O3. The van der Waals surface area contributed by atoms with Crippen LogP contribution in [0.3, 0.4) is 0 Å². The van der Waals surface area contributed by atoms with Gasteiger partial charge >= 0.3 is 0 Å². The molecule has 0 saturated carbocycles. The molecule has 0 aliphatic carbocycles. The van der Waals surface area contributed by atoms with Crippen LogP contribution in [0.4, 0.5) is 0 Å². The first-order valence-corrected chi connectivity index (χ1v) is 9.10. The van der Waals surface area contributed by atoms with Crippen LogP contribution in [0.1, 0.15) is 59.4 Å². The number of rotatable bonds is 6. The normalized spacial score (nSPS) is 12.3. The van der Waals surface area contributed by atoms with Gasteiger partial charge in [-0.15, -0.1) is 0 Å². The van der Waals surface area contributed by atoms with Gasteiger partial charge in [0.2, 0.25) is 5.91 Å². The summed E-state index contributed by atoms with van der Waals surface area (Å²) in [4.78, 5) is 24.2. The minimum absolute atomic E-state index is 0.00624. The lowest BCUT2D eigenvalue weighted by atomic mass is 10.1.